The van der Waals surface area contributed by atoms with Crippen LogP contribution in [-0.4, -0.2) is 44.0 Å². The van der Waals surface area contributed by atoms with Gasteiger partial charge in [-0.05, 0) is 55.7 Å². The van der Waals surface area contributed by atoms with Crippen LogP contribution < -0.4 is 10.6 Å². The summed E-state index contributed by atoms with van der Waals surface area (Å²) in [4.78, 5) is 14.7. The third kappa shape index (κ3) is 5.28. The van der Waals surface area contributed by atoms with Gasteiger partial charge >= 0.3 is 0 Å². The molecule has 0 bridgehead atoms. The van der Waals surface area contributed by atoms with Gasteiger partial charge in [0.1, 0.15) is 12.4 Å². The molecule has 7 nitrogen and oxygen atoms in total. The maximum atomic E-state index is 12.8. The summed E-state index contributed by atoms with van der Waals surface area (Å²) in [5, 5.41) is 8.62. The van der Waals surface area contributed by atoms with E-state index in [0.717, 1.165) is 42.8 Å². The van der Waals surface area contributed by atoms with Crippen LogP contribution in [0.25, 0.3) is 0 Å². The quantitative estimate of drug-likeness (QED) is 0.531. The summed E-state index contributed by atoms with van der Waals surface area (Å²) in [6, 6.07) is 6.21. The highest BCUT2D eigenvalue weighted by Crippen LogP contribution is 2.29. The van der Waals surface area contributed by atoms with Crippen LogP contribution in [0, 0.1) is 12.8 Å². The van der Waals surface area contributed by atoms with E-state index >= 15 is 0 Å². The molecule has 164 valence electrons. The molecule has 1 saturated heterocycles. The van der Waals surface area contributed by atoms with Gasteiger partial charge in [0.05, 0.1) is 5.25 Å². The van der Waals surface area contributed by atoms with Crippen LogP contribution in [-0.2, 0) is 11.4 Å². The molecule has 0 saturated carbocycles. The number of rotatable bonds is 7. The number of hydrogen-bond donors (Lipinski definition) is 1. The molecule has 1 fully saturated rings. The molecule has 3 rings (SSSR count). The zero-order valence-electron chi connectivity index (χ0n) is 18.6. The minimum atomic E-state index is -0.261. The van der Waals surface area contributed by atoms with Crippen LogP contribution in [0.5, 0.6) is 5.75 Å². The van der Waals surface area contributed by atoms with Crippen molar-refractivity contribution in [2.45, 2.75) is 70.4 Å². The van der Waals surface area contributed by atoms with Gasteiger partial charge in [-0.3, -0.25) is 4.79 Å². The summed E-state index contributed by atoms with van der Waals surface area (Å²) in [5.41, 5.74) is 2.28. The smallest absolute Gasteiger partial charge is 0.235 e. The van der Waals surface area contributed by atoms with E-state index in [0.29, 0.717) is 22.8 Å². The summed E-state index contributed by atoms with van der Waals surface area (Å²) >= 11 is 1.34. The molecule has 2 aromatic rings. The van der Waals surface area contributed by atoms with E-state index in [9.17, 15) is 4.79 Å². The van der Waals surface area contributed by atoms with E-state index in [-0.39, 0.29) is 17.8 Å². The minimum absolute atomic E-state index is 0.133. The number of carbonyl (C=O) groups is 1. The summed E-state index contributed by atoms with van der Waals surface area (Å²) in [7, 11) is 0. The summed E-state index contributed by atoms with van der Waals surface area (Å²) in [5.74, 6) is 8.75. The number of piperidine rings is 1. The Kier molecular flexibility index (Phi) is 7.28. The molecule has 1 aliphatic rings. The molecule has 0 spiro atoms. The maximum absolute atomic E-state index is 12.8. The molecule has 2 N–H and O–H groups in total. The lowest BCUT2D eigenvalue weighted by atomic mass is 9.99. The Balaban J connectivity index is 1.62. The van der Waals surface area contributed by atoms with Gasteiger partial charge < -0.3 is 15.5 Å². The molecule has 30 heavy (non-hydrogen) atoms. The number of aromatic nitrogens is 3. The van der Waals surface area contributed by atoms with Gasteiger partial charge in [0.2, 0.25) is 11.1 Å². The van der Waals surface area contributed by atoms with Gasteiger partial charge in [-0.1, -0.05) is 44.7 Å². The zero-order valence-corrected chi connectivity index (χ0v) is 19.4. The Labute approximate surface area is 183 Å². The summed E-state index contributed by atoms with van der Waals surface area (Å²) in [6.45, 7) is 12.3. The molecule has 2 heterocycles. The number of ether oxygens (including phenoxy) is 1. The maximum Gasteiger partial charge on any atom is 0.235 e. The van der Waals surface area contributed by atoms with Gasteiger partial charge in [-0.25, -0.2) is 4.68 Å². The first-order valence-corrected chi connectivity index (χ1v) is 11.5. The number of nitrogen functional groups attached to an aromatic ring is 1. The second-order valence-corrected chi connectivity index (χ2v) is 9.83. The third-order valence-electron chi connectivity index (χ3n) is 5.61. The zero-order chi connectivity index (χ0) is 21.8. The highest BCUT2D eigenvalue weighted by Gasteiger charge is 2.26. The lowest BCUT2D eigenvalue weighted by molar-refractivity contribution is -0.131. The van der Waals surface area contributed by atoms with Crippen molar-refractivity contribution >= 4 is 17.7 Å². The van der Waals surface area contributed by atoms with Crippen molar-refractivity contribution < 1.29 is 9.53 Å². The Bertz CT molecular complexity index is 874. The topological polar surface area (TPSA) is 86.3 Å². The lowest BCUT2D eigenvalue weighted by Gasteiger charge is -2.31. The molecular formula is C22H33N5O2S. The normalized spacial score (nSPS) is 16.1. The molecule has 1 aromatic heterocycles. The average Bonchev–Trinajstić information content (AvgIpc) is 3.05. The SMILES string of the molecule is Cc1ccc(C(C)C)c(OCc2nnc(SC(C)C(=O)N3CCC(C)CC3)n2N)c1. The lowest BCUT2D eigenvalue weighted by Crippen LogP contribution is -2.41. The molecule has 1 aliphatic heterocycles. The number of carbonyl (C=O) groups excluding carboxylic acids is 1. The van der Waals surface area contributed by atoms with Crippen molar-refractivity contribution in [3.63, 3.8) is 0 Å². The van der Waals surface area contributed by atoms with Gasteiger partial charge in [-0.2, -0.15) is 0 Å². The Morgan fingerprint density at radius 1 is 1.27 bits per heavy atom. The number of nitrogens with zero attached hydrogens (tertiary/aromatic N) is 4. The van der Waals surface area contributed by atoms with E-state index in [2.05, 4.69) is 43.1 Å². The van der Waals surface area contributed by atoms with Crippen LogP contribution in [0.4, 0.5) is 0 Å². The van der Waals surface area contributed by atoms with Crippen LogP contribution in [0.15, 0.2) is 23.4 Å². The van der Waals surface area contributed by atoms with Gasteiger partial charge in [0.15, 0.2) is 5.82 Å². The van der Waals surface area contributed by atoms with Crippen LogP contribution in [0.1, 0.15) is 63.4 Å². The van der Waals surface area contributed by atoms with E-state index in [1.54, 1.807) is 0 Å². The first-order valence-electron chi connectivity index (χ1n) is 10.6. The molecular weight excluding hydrogens is 398 g/mol. The van der Waals surface area contributed by atoms with Crippen molar-refractivity contribution in [2.24, 2.45) is 5.92 Å². The third-order valence-corrected chi connectivity index (χ3v) is 6.65. The number of amides is 1. The van der Waals surface area contributed by atoms with Crippen LogP contribution >= 0.6 is 11.8 Å². The monoisotopic (exact) mass is 431 g/mol. The molecule has 1 atom stereocenters. The number of hydrogen-bond acceptors (Lipinski definition) is 6. The molecule has 8 heteroatoms. The largest absolute Gasteiger partial charge is 0.485 e. The number of benzene rings is 1. The fraction of sp³-hybridized carbons (Fsp3) is 0.591. The highest BCUT2D eigenvalue weighted by atomic mass is 32.2. The van der Waals surface area contributed by atoms with Crippen LogP contribution in [0.2, 0.25) is 0 Å². The fourth-order valence-electron chi connectivity index (χ4n) is 3.57. The minimum Gasteiger partial charge on any atom is -0.485 e. The Hall–Kier alpha value is -2.22. The summed E-state index contributed by atoms with van der Waals surface area (Å²) in [6.07, 6.45) is 2.13. The van der Waals surface area contributed by atoms with Gasteiger partial charge in [0, 0.05) is 13.1 Å². The molecule has 1 aromatic carbocycles. The van der Waals surface area contributed by atoms with E-state index in [1.165, 1.54) is 16.4 Å². The van der Waals surface area contributed by atoms with Crippen molar-refractivity contribution in [1.29, 1.82) is 0 Å². The average molecular weight is 432 g/mol. The number of thioether (sulfide) groups is 1. The Morgan fingerprint density at radius 2 is 1.97 bits per heavy atom. The predicted molar refractivity (Wildman–Crippen MR) is 120 cm³/mol. The second-order valence-electron chi connectivity index (χ2n) is 8.52. The number of likely N-dealkylation sites (tertiary alicyclic amines) is 1. The standard InChI is InChI=1S/C22H33N5O2S/c1-14(2)18-7-6-16(4)12-19(18)29-13-20-24-25-22(27(20)23)30-17(5)21(28)26-10-8-15(3)9-11-26/h6-7,12,14-15,17H,8-11,13,23H2,1-5H3. The predicted octanol–water partition coefficient (Wildman–Crippen LogP) is 3.74. The number of aryl methyl sites for hydroxylation is 1. The first-order chi connectivity index (χ1) is 14.3. The second kappa shape index (κ2) is 9.73. The van der Waals surface area contributed by atoms with Crippen molar-refractivity contribution in [3.05, 3.63) is 35.2 Å². The van der Waals surface area contributed by atoms with E-state index in [1.807, 2.05) is 24.8 Å². The molecule has 0 aliphatic carbocycles. The molecule has 1 unspecified atom stereocenters. The fourth-order valence-corrected chi connectivity index (χ4v) is 4.44. The van der Waals surface area contributed by atoms with Gasteiger partial charge in [0.25, 0.3) is 0 Å². The van der Waals surface area contributed by atoms with E-state index in [4.69, 9.17) is 10.6 Å². The van der Waals surface area contributed by atoms with E-state index < -0.39 is 0 Å². The van der Waals surface area contributed by atoms with Crippen molar-refractivity contribution in [3.8, 4) is 5.75 Å². The summed E-state index contributed by atoms with van der Waals surface area (Å²) < 4.78 is 7.46. The first kappa shape index (κ1) is 22.5. The van der Waals surface area contributed by atoms with Crippen LogP contribution in [0.3, 0.4) is 0 Å². The molecule has 1 amide bonds. The molecule has 0 radical (unpaired) electrons. The van der Waals surface area contributed by atoms with Crippen molar-refractivity contribution in [1.82, 2.24) is 19.8 Å². The van der Waals surface area contributed by atoms with Crippen molar-refractivity contribution in [2.75, 3.05) is 18.9 Å². The van der Waals surface area contributed by atoms with Gasteiger partial charge in [-0.15, -0.1) is 10.2 Å². The Morgan fingerprint density at radius 3 is 2.63 bits per heavy atom. The highest BCUT2D eigenvalue weighted by molar-refractivity contribution is 8.00. The number of nitrogens with two attached hydrogens (primary N) is 1.